The molecule has 78 valence electrons. The zero-order chi connectivity index (χ0) is 10.8. The largest absolute Gasteiger partial charge is 0.383 e. The summed E-state index contributed by atoms with van der Waals surface area (Å²) in [5, 5.41) is 1.99. The third-order valence-corrected chi connectivity index (χ3v) is 3.04. The predicted octanol–water partition coefficient (Wildman–Crippen LogP) is 1.31. The van der Waals surface area contributed by atoms with Crippen molar-refractivity contribution in [2.75, 3.05) is 5.73 Å². The van der Waals surface area contributed by atoms with Crippen LogP contribution in [0.5, 0.6) is 0 Å². The molecular weight excluding hydrogens is 210 g/mol. The number of nitrogen functional groups attached to an aromatic ring is 1. The van der Waals surface area contributed by atoms with Crippen LogP contribution < -0.4 is 11.3 Å². The van der Waals surface area contributed by atoms with E-state index in [1.165, 1.54) is 0 Å². The summed E-state index contributed by atoms with van der Waals surface area (Å²) in [6.07, 6.45) is 0.622. The van der Waals surface area contributed by atoms with E-state index in [9.17, 15) is 4.79 Å². The van der Waals surface area contributed by atoms with Crippen molar-refractivity contribution in [1.82, 2.24) is 9.97 Å². The zero-order valence-electron chi connectivity index (χ0n) is 8.28. The van der Waals surface area contributed by atoms with Gasteiger partial charge in [-0.3, -0.25) is 4.79 Å². The first-order valence-corrected chi connectivity index (χ1v) is 5.42. The molecule has 0 bridgehead atoms. The van der Waals surface area contributed by atoms with Crippen molar-refractivity contribution in [2.24, 2.45) is 0 Å². The minimum atomic E-state index is -0.158. The van der Waals surface area contributed by atoms with E-state index in [4.69, 9.17) is 5.73 Å². The lowest BCUT2D eigenvalue weighted by atomic mass is 10.3. The number of anilines is 1. The summed E-state index contributed by atoms with van der Waals surface area (Å²) in [6, 6.07) is 3.97. The highest BCUT2D eigenvalue weighted by molar-refractivity contribution is 7.09. The van der Waals surface area contributed by atoms with Gasteiger partial charge in [0, 0.05) is 11.3 Å². The molecule has 0 aromatic carbocycles. The van der Waals surface area contributed by atoms with Crippen molar-refractivity contribution < 1.29 is 0 Å². The van der Waals surface area contributed by atoms with E-state index in [0.717, 1.165) is 4.88 Å². The van der Waals surface area contributed by atoms with E-state index in [1.807, 2.05) is 17.5 Å². The van der Waals surface area contributed by atoms with Crippen LogP contribution in [0.3, 0.4) is 0 Å². The van der Waals surface area contributed by atoms with Gasteiger partial charge in [-0.05, 0) is 18.4 Å². The Kier molecular flexibility index (Phi) is 2.55. The molecule has 0 unspecified atom stereocenters. The quantitative estimate of drug-likeness (QED) is 0.803. The lowest BCUT2D eigenvalue weighted by molar-refractivity contribution is 0.947. The Bertz CT molecular complexity index is 516. The van der Waals surface area contributed by atoms with Gasteiger partial charge in [-0.2, -0.15) is 0 Å². The lowest BCUT2D eigenvalue weighted by Gasteiger charge is -2.02. The number of aromatic amines is 1. The molecule has 0 aliphatic carbocycles. The van der Waals surface area contributed by atoms with Gasteiger partial charge in [0.1, 0.15) is 11.6 Å². The van der Waals surface area contributed by atoms with Crippen LogP contribution in [0.4, 0.5) is 5.82 Å². The van der Waals surface area contributed by atoms with Crippen molar-refractivity contribution in [1.29, 1.82) is 0 Å². The average Bonchev–Trinajstić information content (AvgIpc) is 2.66. The number of thiophene rings is 1. The third kappa shape index (κ3) is 2.07. The van der Waals surface area contributed by atoms with Crippen LogP contribution in [0, 0.1) is 6.92 Å². The van der Waals surface area contributed by atoms with Gasteiger partial charge in [0.2, 0.25) is 0 Å². The summed E-state index contributed by atoms with van der Waals surface area (Å²) in [4.78, 5) is 19.4. The van der Waals surface area contributed by atoms with E-state index in [2.05, 4.69) is 9.97 Å². The number of H-pyrrole nitrogens is 1. The van der Waals surface area contributed by atoms with Crippen molar-refractivity contribution in [3.63, 3.8) is 0 Å². The van der Waals surface area contributed by atoms with E-state index in [1.54, 1.807) is 18.3 Å². The molecule has 0 saturated carbocycles. The first kappa shape index (κ1) is 9.92. The maximum Gasteiger partial charge on any atom is 0.255 e. The van der Waals surface area contributed by atoms with Gasteiger partial charge in [0.15, 0.2) is 0 Å². The van der Waals surface area contributed by atoms with Crippen LogP contribution >= 0.6 is 11.3 Å². The predicted molar refractivity (Wildman–Crippen MR) is 61.1 cm³/mol. The Morgan fingerprint density at radius 1 is 1.60 bits per heavy atom. The first-order valence-electron chi connectivity index (χ1n) is 4.54. The van der Waals surface area contributed by atoms with Gasteiger partial charge in [0.25, 0.3) is 5.56 Å². The Morgan fingerprint density at radius 2 is 2.40 bits per heavy atom. The van der Waals surface area contributed by atoms with Crippen molar-refractivity contribution in [3.8, 4) is 0 Å². The normalized spacial score (nSPS) is 10.5. The fourth-order valence-corrected chi connectivity index (χ4v) is 1.97. The molecule has 0 fully saturated rings. The van der Waals surface area contributed by atoms with Crippen LogP contribution in [-0.4, -0.2) is 9.97 Å². The lowest BCUT2D eigenvalue weighted by Crippen LogP contribution is -2.17. The molecule has 15 heavy (non-hydrogen) atoms. The molecule has 0 aliphatic heterocycles. The number of nitrogens with zero attached hydrogens (tertiary/aromatic N) is 1. The van der Waals surface area contributed by atoms with E-state index in [-0.39, 0.29) is 5.56 Å². The highest BCUT2D eigenvalue weighted by Crippen LogP contribution is 2.12. The van der Waals surface area contributed by atoms with Crippen molar-refractivity contribution in [2.45, 2.75) is 13.3 Å². The van der Waals surface area contributed by atoms with Crippen LogP contribution in [-0.2, 0) is 6.42 Å². The molecule has 0 radical (unpaired) electrons. The molecule has 2 aromatic rings. The number of nitrogens with one attached hydrogen (secondary N) is 1. The summed E-state index contributed by atoms with van der Waals surface area (Å²) in [7, 11) is 0. The molecule has 2 aromatic heterocycles. The Balaban J connectivity index is 2.34. The fraction of sp³-hybridized carbons (Fsp3) is 0.200. The Labute approximate surface area is 90.8 Å². The summed E-state index contributed by atoms with van der Waals surface area (Å²) in [6.45, 7) is 1.66. The van der Waals surface area contributed by atoms with Gasteiger partial charge in [-0.1, -0.05) is 6.07 Å². The molecule has 5 heteroatoms. The minimum absolute atomic E-state index is 0.158. The second-order valence-electron chi connectivity index (χ2n) is 3.28. The fourth-order valence-electron chi connectivity index (χ4n) is 1.26. The molecule has 2 heterocycles. The molecule has 3 N–H and O–H groups in total. The molecule has 4 nitrogen and oxygen atoms in total. The topological polar surface area (TPSA) is 71.8 Å². The summed E-state index contributed by atoms with van der Waals surface area (Å²) >= 11 is 1.63. The van der Waals surface area contributed by atoms with E-state index < -0.39 is 0 Å². The van der Waals surface area contributed by atoms with Crippen LogP contribution in [0.2, 0.25) is 0 Å². The third-order valence-electron chi connectivity index (χ3n) is 2.16. The highest BCUT2D eigenvalue weighted by atomic mass is 32.1. The number of nitrogens with two attached hydrogens (primary N) is 1. The molecule has 0 aliphatic rings. The van der Waals surface area contributed by atoms with Crippen LogP contribution in [0.25, 0.3) is 0 Å². The molecule has 0 spiro atoms. The average molecular weight is 221 g/mol. The first-order chi connectivity index (χ1) is 7.16. The van der Waals surface area contributed by atoms with Crippen molar-refractivity contribution in [3.05, 3.63) is 44.1 Å². The molecule has 0 atom stereocenters. The molecule has 2 rings (SSSR count). The summed E-state index contributed by atoms with van der Waals surface area (Å²) < 4.78 is 0. The van der Waals surface area contributed by atoms with Crippen LogP contribution in [0.15, 0.2) is 22.3 Å². The number of hydrogen-bond donors (Lipinski definition) is 2. The number of hydrogen-bond acceptors (Lipinski definition) is 4. The molecule has 0 saturated heterocycles. The van der Waals surface area contributed by atoms with Gasteiger partial charge in [-0.15, -0.1) is 11.3 Å². The highest BCUT2D eigenvalue weighted by Gasteiger charge is 2.05. The van der Waals surface area contributed by atoms with E-state index >= 15 is 0 Å². The molecule has 0 amide bonds. The summed E-state index contributed by atoms with van der Waals surface area (Å²) in [5.41, 5.74) is 5.94. The van der Waals surface area contributed by atoms with Crippen LogP contribution in [0.1, 0.15) is 16.3 Å². The second-order valence-corrected chi connectivity index (χ2v) is 4.31. The maximum absolute atomic E-state index is 11.4. The van der Waals surface area contributed by atoms with Gasteiger partial charge in [-0.25, -0.2) is 4.98 Å². The Hall–Kier alpha value is -1.62. The van der Waals surface area contributed by atoms with Gasteiger partial charge >= 0.3 is 0 Å². The summed E-state index contributed by atoms with van der Waals surface area (Å²) in [5.74, 6) is 0.927. The monoisotopic (exact) mass is 221 g/mol. The number of rotatable bonds is 2. The SMILES string of the molecule is Cc1c(N)nc(Cc2cccs2)[nH]c1=O. The number of aromatic nitrogens is 2. The smallest absolute Gasteiger partial charge is 0.255 e. The molecular formula is C10H11N3OS. The second kappa shape index (κ2) is 3.86. The van der Waals surface area contributed by atoms with Crippen molar-refractivity contribution >= 4 is 17.2 Å². The minimum Gasteiger partial charge on any atom is -0.383 e. The van der Waals surface area contributed by atoms with E-state index in [0.29, 0.717) is 23.6 Å². The standard InChI is InChI=1S/C10H11N3OS/c1-6-9(11)12-8(13-10(6)14)5-7-3-2-4-15-7/h2-4H,5H2,1H3,(H3,11,12,13,14). The zero-order valence-corrected chi connectivity index (χ0v) is 9.10. The van der Waals surface area contributed by atoms with Gasteiger partial charge < -0.3 is 10.7 Å². The maximum atomic E-state index is 11.4. The van der Waals surface area contributed by atoms with Gasteiger partial charge in [0.05, 0.1) is 5.56 Å². The Morgan fingerprint density at radius 3 is 3.00 bits per heavy atom.